The van der Waals surface area contributed by atoms with Gasteiger partial charge in [-0.1, -0.05) is 63.2 Å². The molecule has 28 heavy (non-hydrogen) atoms. The zero-order valence-electron chi connectivity index (χ0n) is 17.6. The summed E-state index contributed by atoms with van der Waals surface area (Å²) >= 11 is 0. The molecular weight excluding hydrogens is 372 g/mol. The van der Waals surface area contributed by atoms with Gasteiger partial charge in [-0.3, -0.25) is 9.10 Å². The second-order valence-corrected chi connectivity index (χ2v) is 10.2. The molecule has 0 N–H and O–H groups in total. The number of hydrogen-bond acceptors (Lipinski definition) is 3. The summed E-state index contributed by atoms with van der Waals surface area (Å²) in [5, 5.41) is 0. The van der Waals surface area contributed by atoms with Gasteiger partial charge in [0.15, 0.2) is 0 Å². The predicted molar refractivity (Wildman–Crippen MR) is 115 cm³/mol. The van der Waals surface area contributed by atoms with Crippen molar-refractivity contribution in [2.24, 2.45) is 0 Å². The molecule has 0 saturated heterocycles. The standard InChI is InChI=1S/C22H30N2O3S/c1-17-9-7-8-10-20(17)24(28(6,26)27)16-21(25)23(5)15-18-11-13-19(14-12-18)22(2,3)4/h7-14H,15-16H2,1-6H3. The second-order valence-electron chi connectivity index (χ2n) is 8.25. The van der Waals surface area contributed by atoms with Crippen molar-refractivity contribution >= 4 is 21.6 Å². The molecule has 0 fully saturated rings. The molecule has 0 aliphatic rings. The van der Waals surface area contributed by atoms with Crippen molar-refractivity contribution in [3.8, 4) is 0 Å². The molecule has 0 heterocycles. The van der Waals surface area contributed by atoms with Gasteiger partial charge in [0, 0.05) is 13.6 Å². The quantitative estimate of drug-likeness (QED) is 0.740. The molecule has 0 unspecified atom stereocenters. The normalized spacial score (nSPS) is 11.9. The van der Waals surface area contributed by atoms with Gasteiger partial charge >= 0.3 is 0 Å². The Labute approximate surface area is 169 Å². The van der Waals surface area contributed by atoms with Crippen molar-refractivity contribution < 1.29 is 13.2 Å². The van der Waals surface area contributed by atoms with Gasteiger partial charge in [-0.2, -0.15) is 0 Å². The number of sulfonamides is 1. The minimum Gasteiger partial charge on any atom is -0.340 e. The van der Waals surface area contributed by atoms with Crippen LogP contribution in [0.2, 0.25) is 0 Å². The van der Waals surface area contributed by atoms with Gasteiger partial charge in [-0.15, -0.1) is 0 Å². The first-order valence-electron chi connectivity index (χ1n) is 9.26. The molecule has 0 spiro atoms. The number of carbonyl (C=O) groups is 1. The lowest BCUT2D eigenvalue weighted by atomic mass is 9.87. The second kappa shape index (κ2) is 8.35. The van der Waals surface area contributed by atoms with Gasteiger partial charge in [-0.05, 0) is 35.1 Å². The van der Waals surface area contributed by atoms with Crippen LogP contribution in [0.25, 0.3) is 0 Å². The van der Waals surface area contributed by atoms with Crippen molar-refractivity contribution in [2.75, 3.05) is 24.2 Å². The van der Waals surface area contributed by atoms with Gasteiger partial charge in [-0.25, -0.2) is 8.42 Å². The van der Waals surface area contributed by atoms with Crippen LogP contribution < -0.4 is 4.31 Å². The van der Waals surface area contributed by atoms with E-state index in [-0.39, 0.29) is 17.9 Å². The number of rotatable bonds is 6. The van der Waals surface area contributed by atoms with E-state index in [1.165, 1.54) is 9.87 Å². The van der Waals surface area contributed by atoms with Crippen molar-refractivity contribution in [2.45, 2.75) is 39.7 Å². The van der Waals surface area contributed by atoms with Crippen molar-refractivity contribution in [1.29, 1.82) is 0 Å². The Kier molecular flexibility index (Phi) is 6.55. The van der Waals surface area contributed by atoms with E-state index >= 15 is 0 Å². The Bertz CT molecular complexity index is 929. The summed E-state index contributed by atoms with van der Waals surface area (Å²) in [5.41, 5.74) is 3.64. The molecule has 0 atom stereocenters. The van der Waals surface area contributed by atoms with Crippen LogP contribution in [0.1, 0.15) is 37.5 Å². The van der Waals surface area contributed by atoms with Crippen LogP contribution >= 0.6 is 0 Å². The number of hydrogen-bond donors (Lipinski definition) is 0. The average molecular weight is 403 g/mol. The van der Waals surface area contributed by atoms with Crippen LogP contribution in [0.3, 0.4) is 0 Å². The van der Waals surface area contributed by atoms with Crippen LogP contribution in [-0.4, -0.2) is 39.1 Å². The third-order valence-electron chi connectivity index (χ3n) is 4.73. The van der Waals surface area contributed by atoms with E-state index in [0.29, 0.717) is 12.2 Å². The Hall–Kier alpha value is -2.34. The van der Waals surface area contributed by atoms with E-state index in [2.05, 4.69) is 32.9 Å². The molecule has 2 aromatic rings. The molecule has 0 aliphatic heterocycles. The Morgan fingerprint density at radius 1 is 1.00 bits per heavy atom. The minimum absolute atomic E-state index is 0.0732. The largest absolute Gasteiger partial charge is 0.340 e. The zero-order chi connectivity index (χ0) is 21.1. The van der Waals surface area contributed by atoms with Gasteiger partial charge < -0.3 is 4.90 Å². The molecule has 0 aliphatic carbocycles. The highest BCUT2D eigenvalue weighted by Gasteiger charge is 2.24. The summed E-state index contributed by atoms with van der Waals surface area (Å²) in [7, 11) is -1.89. The maximum Gasteiger partial charge on any atom is 0.243 e. The minimum atomic E-state index is -3.58. The highest BCUT2D eigenvalue weighted by molar-refractivity contribution is 7.92. The summed E-state index contributed by atoms with van der Waals surface area (Å²) in [6.45, 7) is 8.50. The van der Waals surface area contributed by atoms with Crippen LogP contribution in [0.5, 0.6) is 0 Å². The summed E-state index contributed by atoms with van der Waals surface area (Å²) in [4.78, 5) is 14.3. The first kappa shape index (κ1) is 22.0. The molecule has 5 nitrogen and oxygen atoms in total. The lowest BCUT2D eigenvalue weighted by Crippen LogP contribution is -2.41. The maximum atomic E-state index is 12.7. The van der Waals surface area contributed by atoms with E-state index < -0.39 is 10.0 Å². The molecule has 2 rings (SSSR count). The number of benzene rings is 2. The number of nitrogens with zero attached hydrogens (tertiary/aromatic N) is 2. The fourth-order valence-corrected chi connectivity index (χ4v) is 3.85. The fraction of sp³-hybridized carbons (Fsp3) is 0.409. The molecule has 0 bridgehead atoms. The summed E-state index contributed by atoms with van der Waals surface area (Å²) < 4.78 is 25.7. The van der Waals surface area contributed by atoms with Gasteiger partial charge in [0.05, 0.1) is 11.9 Å². The Balaban J connectivity index is 2.14. The maximum absolute atomic E-state index is 12.7. The highest BCUT2D eigenvalue weighted by atomic mass is 32.2. The summed E-state index contributed by atoms with van der Waals surface area (Å²) in [6.07, 6.45) is 1.12. The lowest BCUT2D eigenvalue weighted by Gasteiger charge is -2.26. The molecular formula is C22H30N2O3S. The first-order valence-corrected chi connectivity index (χ1v) is 11.1. The molecule has 0 radical (unpaired) electrons. The van der Waals surface area contributed by atoms with Crippen molar-refractivity contribution in [3.63, 3.8) is 0 Å². The van der Waals surface area contributed by atoms with E-state index in [0.717, 1.165) is 17.4 Å². The third-order valence-corrected chi connectivity index (χ3v) is 5.86. The van der Waals surface area contributed by atoms with E-state index in [4.69, 9.17) is 0 Å². The van der Waals surface area contributed by atoms with E-state index in [1.807, 2.05) is 31.2 Å². The number of carbonyl (C=O) groups excluding carboxylic acids is 1. The molecule has 152 valence electrons. The zero-order valence-corrected chi connectivity index (χ0v) is 18.4. The smallest absolute Gasteiger partial charge is 0.243 e. The summed E-state index contributed by atoms with van der Waals surface area (Å²) in [5.74, 6) is -0.256. The average Bonchev–Trinajstić information content (AvgIpc) is 2.59. The number of aryl methyl sites for hydroxylation is 1. The molecule has 6 heteroatoms. The first-order chi connectivity index (χ1) is 12.9. The Morgan fingerprint density at radius 2 is 1.57 bits per heavy atom. The molecule has 0 saturated carbocycles. The predicted octanol–water partition coefficient (Wildman–Crippen LogP) is 3.72. The molecule has 0 aromatic heterocycles. The monoisotopic (exact) mass is 402 g/mol. The van der Waals surface area contributed by atoms with Crippen LogP contribution in [0.4, 0.5) is 5.69 Å². The van der Waals surface area contributed by atoms with Gasteiger partial charge in [0.2, 0.25) is 15.9 Å². The topological polar surface area (TPSA) is 57.7 Å². The van der Waals surface area contributed by atoms with Crippen LogP contribution in [-0.2, 0) is 26.8 Å². The number of anilines is 1. The molecule has 1 amide bonds. The fourth-order valence-electron chi connectivity index (χ4n) is 2.94. The van der Waals surface area contributed by atoms with Gasteiger partial charge in [0.25, 0.3) is 0 Å². The number of likely N-dealkylation sites (N-methyl/N-ethyl adjacent to an activating group) is 1. The summed E-state index contributed by atoms with van der Waals surface area (Å²) in [6, 6.07) is 15.3. The number of para-hydroxylation sites is 1. The van der Waals surface area contributed by atoms with E-state index in [9.17, 15) is 13.2 Å². The van der Waals surface area contributed by atoms with E-state index in [1.54, 1.807) is 24.1 Å². The van der Waals surface area contributed by atoms with Gasteiger partial charge in [0.1, 0.15) is 6.54 Å². The lowest BCUT2D eigenvalue weighted by molar-refractivity contribution is -0.128. The van der Waals surface area contributed by atoms with Crippen LogP contribution in [0, 0.1) is 6.92 Å². The third kappa shape index (κ3) is 5.58. The number of amides is 1. The SMILES string of the molecule is Cc1ccccc1N(CC(=O)N(C)Cc1ccc(C(C)(C)C)cc1)S(C)(=O)=O. The van der Waals surface area contributed by atoms with Crippen molar-refractivity contribution in [1.82, 2.24) is 4.90 Å². The molecule has 2 aromatic carbocycles. The highest BCUT2D eigenvalue weighted by Crippen LogP contribution is 2.23. The Morgan fingerprint density at radius 3 is 2.07 bits per heavy atom. The van der Waals surface area contributed by atoms with Crippen molar-refractivity contribution in [3.05, 3.63) is 65.2 Å². The van der Waals surface area contributed by atoms with Crippen LogP contribution in [0.15, 0.2) is 48.5 Å².